The molecule has 1 aliphatic carbocycles. The third-order valence-corrected chi connectivity index (χ3v) is 7.38. The van der Waals surface area contributed by atoms with Crippen molar-refractivity contribution in [3.63, 3.8) is 0 Å². The molecule has 3 heterocycles. The molecule has 0 unspecified atom stereocenters. The van der Waals surface area contributed by atoms with Crippen LogP contribution in [0.1, 0.15) is 37.1 Å². The summed E-state index contributed by atoms with van der Waals surface area (Å²) in [7, 11) is 0. The summed E-state index contributed by atoms with van der Waals surface area (Å²) in [6.07, 6.45) is 4.63. The number of hydrogen-bond acceptors (Lipinski definition) is 5. The third-order valence-electron chi connectivity index (χ3n) is 7.12. The quantitative estimate of drug-likeness (QED) is 0.708. The van der Waals surface area contributed by atoms with E-state index < -0.39 is 0 Å². The van der Waals surface area contributed by atoms with Gasteiger partial charge in [-0.05, 0) is 75.4 Å². The average Bonchev–Trinajstić information content (AvgIpc) is 3.33. The molecule has 1 saturated carbocycles. The summed E-state index contributed by atoms with van der Waals surface area (Å²) in [6, 6.07) is 7.57. The molecule has 31 heavy (non-hydrogen) atoms. The van der Waals surface area contributed by atoms with Crippen LogP contribution < -0.4 is 5.32 Å². The Morgan fingerprint density at radius 1 is 1.19 bits per heavy atom. The second kappa shape index (κ2) is 8.57. The van der Waals surface area contributed by atoms with E-state index in [4.69, 9.17) is 16.0 Å². The highest BCUT2D eigenvalue weighted by molar-refractivity contribution is 6.30. The van der Waals surface area contributed by atoms with Crippen LogP contribution in [0.2, 0.25) is 5.02 Å². The largest absolute Gasteiger partial charge is 0.440 e. The van der Waals surface area contributed by atoms with E-state index in [9.17, 15) is 4.79 Å². The van der Waals surface area contributed by atoms with Crippen molar-refractivity contribution in [2.24, 2.45) is 11.3 Å². The first-order chi connectivity index (χ1) is 15.0. The molecule has 1 amide bonds. The lowest BCUT2D eigenvalue weighted by atomic mass is 9.57. The Kier molecular flexibility index (Phi) is 5.80. The van der Waals surface area contributed by atoms with E-state index >= 15 is 0 Å². The smallest absolute Gasteiger partial charge is 0.226 e. The summed E-state index contributed by atoms with van der Waals surface area (Å²) in [5.41, 5.74) is 2.22. The molecule has 0 bridgehead atoms. The van der Waals surface area contributed by atoms with Gasteiger partial charge in [-0.15, -0.1) is 0 Å². The first kappa shape index (κ1) is 21.0. The van der Waals surface area contributed by atoms with Crippen LogP contribution in [0.5, 0.6) is 0 Å². The molecule has 3 fully saturated rings. The number of nitrogens with zero attached hydrogens (tertiary/aromatic N) is 3. The van der Waals surface area contributed by atoms with Crippen LogP contribution in [0.25, 0.3) is 11.5 Å². The zero-order valence-electron chi connectivity index (χ0n) is 18.2. The Hall–Kier alpha value is -1.89. The zero-order chi connectivity index (χ0) is 21.4. The fourth-order valence-electron chi connectivity index (χ4n) is 5.42. The normalized spacial score (nSPS) is 21.2. The molecular weight excluding hydrogens is 412 g/mol. The molecule has 1 aromatic heterocycles. The predicted octanol–water partition coefficient (Wildman–Crippen LogP) is 3.73. The molecule has 1 spiro atoms. The third kappa shape index (κ3) is 4.52. The van der Waals surface area contributed by atoms with Crippen molar-refractivity contribution in [1.29, 1.82) is 0 Å². The molecule has 166 valence electrons. The van der Waals surface area contributed by atoms with E-state index in [-0.39, 0.29) is 11.8 Å². The van der Waals surface area contributed by atoms with Crippen molar-refractivity contribution >= 4 is 17.5 Å². The zero-order valence-corrected chi connectivity index (χ0v) is 19.0. The summed E-state index contributed by atoms with van der Waals surface area (Å²) in [6.45, 7) is 9.01. The van der Waals surface area contributed by atoms with Crippen molar-refractivity contribution in [1.82, 2.24) is 20.1 Å². The number of carbonyl (C=O) groups excluding carboxylic acids is 1. The molecule has 7 heteroatoms. The number of nitrogens with one attached hydrogen (secondary N) is 1. The summed E-state index contributed by atoms with van der Waals surface area (Å²) in [5, 5.41) is 3.86. The number of aromatic nitrogens is 1. The minimum atomic E-state index is 0.198. The molecular formula is C24H31ClN4O2. The van der Waals surface area contributed by atoms with Gasteiger partial charge in [-0.25, -0.2) is 4.98 Å². The SMILES string of the molecule is Cc1nc(-c2ccc(Cl)cc2)oc1CN1CC2(CC(C(=O)NCCN3CCCC3)C2)C1. The van der Waals surface area contributed by atoms with E-state index in [0.717, 1.165) is 62.6 Å². The van der Waals surface area contributed by atoms with E-state index in [0.29, 0.717) is 16.3 Å². The number of aryl methyl sites for hydroxylation is 1. The maximum absolute atomic E-state index is 12.4. The first-order valence-electron chi connectivity index (χ1n) is 11.4. The van der Waals surface area contributed by atoms with Gasteiger partial charge in [0, 0.05) is 42.7 Å². The molecule has 6 nitrogen and oxygen atoms in total. The molecule has 1 aromatic carbocycles. The van der Waals surface area contributed by atoms with E-state index in [1.807, 2.05) is 31.2 Å². The maximum Gasteiger partial charge on any atom is 0.226 e. The number of likely N-dealkylation sites (tertiary alicyclic amines) is 2. The van der Waals surface area contributed by atoms with E-state index in [2.05, 4.69) is 20.1 Å². The molecule has 2 aliphatic heterocycles. The monoisotopic (exact) mass is 442 g/mol. The van der Waals surface area contributed by atoms with E-state index in [1.54, 1.807) is 0 Å². The van der Waals surface area contributed by atoms with Crippen LogP contribution in [0, 0.1) is 18.3 Å². The van der Waals surface area contributed by atoms with Crippen molar-refractivity contribution in [3.8, 4) is 11.5 Å². The van der Waals surface area contributed by atoms with Crippen molar-refractivity contribution in [3.05, 3.63) is 40.7 Å². The van der Waals surface area contributed by atoms with Gasteiger partial charge in [0.1, 0.15) is 5.76 Å². The van der Waals surface area contributed by atoms with Gasteiger partial charge in [-0.3, -0.25) is 9.69 Å². The Bertz CT molecular complexity index is 922. The van der Waals surface area contributed by atoms with Crippen LogP contribution in [-0.2, 0) is 11.3 Å². The highest BCUT2D eigenvalue weighted by Gasteiger charge is 2.54. The Morgan fingerprint density at radius 3 is 2.61 bits per heavy atom. The minimum Gasteiger partial charge on any atom is -0.440 e. The lowest BCUT2D eigenvalue weighted by Crippen LogP contribution is -2.63. The van der Waals surface area contributed by atoms with Crippen LogP contribution in [0.3, 0.4) is 0 Å². The molecule has 5 rings (SSSR count). The molecule has 0 radical (unpaired) electrons. The number of amides is 1. The molecule has 2 aromatic rings. The number of hydrogen-bond donors (Lipinski definition) is 1. The van der Waals surface area contributed by atoms with Gasteiger partial charge in [-0.1, -0.05) is 11.6 Å². The van der Waals surface area contributed by atoms with Crippen LogP contribution in [0.15, 0.2) is 28.7 Å². The predicted molar refractivity (Wildman–Crippen MR) is 121 cm³/mol. The lowest BCUT2D eigenvalue weighted by Gasteiger charge is -2.58. The van der Waals surface area contributed by atoms with E-state index in [1.165, 1.54) is 25.9 Å². The fourth-order valence-corrected chi connectivity index (χ4v) is 5.55. The second-order valence-electron chi connectivity index (χ2n) is 9.62. The van der Waals surface area contributed by atoms with Gasteiger partial charge >= 0.3 is 0 Å². The Balaban J connectivity index is 1.06. The second-order valence-corrected chi connectivity index (χ2v) is 10.1. The lowest BCUT2D eigenvalue weighted by molar-refractivity contribution is -0.145. The standard InChI is InChI=1S/C24H31ClN4O2/c1-17-21(31-23(27-17)18-4-6-20(25)7-5-18)14-29-15-24(16-29)12-19(13-24)22(30)26-8-11-28-9-2-3-10-28/h4-7,19H,2-3,8-16H2,1H3,(H,26,30). The van der Waals surface area contributed by atoms with Gasteiger partial charge < -0.3 is 14.6 Å². The van der Waals surface area contributed by atoms with Gasteiger partial charge in [0.15, 0.2) is 0 Å². The molecule has 2 saturated heterocycles. The number of rotatable bonds is 7. The fraction of sp³-hybridized carbons (Fsp3) is 0.583. The van der Waals surface area contributed by atoms with Gasteiger partial charge in [0.05, 0.1) is 12.2 Å². The summed E-state index contributed by atoms with van der Waals surface area (Å²) in [4.78, 5) is 21.9. The van der Waals surface area contributed by atoms with Gasteiger partial charge in [-0.2, -0.15) is 0 Å². The van der Waals surface area contributed by atoms with Crippen molar-refractivity contribution in [2.45, 2.75) is 39.2 Å². The molecule has 1 N–H and O–H groups in total. The Labute approximate surface area is 188 Å². The van der Waals surface area contributed by atoms with Gasteiger partial charge in [0.25, 0.3) is 0 Å². The Morgan fingerprint density at radius 2 is 1.90 bits per heavy atom. The number of halogens is 1. The molecule has 0 atom stereocenters. The van der Waals surface area contributed by atoms with Crippen LogP contribution in [-0.4, -0.2) is 60.0 Å². The van der Waals surface area contributed by atoms with Crippen molar-refractivity contribution < 1.29 is 9.21 Å². The number of carbonyl (C=O) groups is 1. The van der Waals surface area contributed by atoms with Gasteiger partial charge in [0.2, 0.25) is 11.8 Å². The van der Waals surface area contributed by atoms with Crippen LogP contribution >= 0.6 is 11.6 Å². The maximum atomic E-state index is 12.4. The molecule has 3 aliphatic rings. The van der Waals surface area contributed by atoms with Crippen LogP contribution in [0.4, 0.5) is 0 Å². The number of benzene rings is 1. The highest BCUT2D eigenvalue weighted by atomic mass is 35.5. The summed E-state index contributed by atoms with van der Waals surface area (Å²) in [5.74, 6) is 2.02. The van der Waals surface area contributed by atoms with Crippen molar-refractivity contribution in [2.75, 3.05) is 39.3 Å². The number of oxazole rings is 1. The highest BCUT2D eigenvalue weighted by Crippen LogP contribution is 2.52. The summed E-state index contributed by atoms with van der Waals surface area (Å²) >= 11 is 5.97. The first-order valence-corrected chi connectivity index (χ1v) is 11.8. The minimum absolute atomic E-state index is 0.198. The summed E-state index contributed by atoms with van der Waals surface area (Å²) < 4.78 is 6.05. The topological polar surface area (TPSA) is 61.6 Å². The average molecular weight is 443 g/mol.